The molecule has 8 heteroatoms. The number of hydrogen-bond donors (Lipinski definition) is 2. The minimum absolute atomic E-state index is 0.105. The first-order valence-electron chi connectivity index (χ1n) is 8.46. The van der Waals surface area contributed by atoms with Gasteiger partial charge in [-0.15, -0.1) is 11.3 Å². The standard InChI is InChI=1S/C17H24N6OS/c1-17(2,3)14-19-10-13(11-20-14)22-15(24)21-12-4-7-23(8-5-12)16-18-6-9-25-16/h6,9-12H,4-5,7-8H2,1-3H3,(H2,21,22,24). The van der Waals surface area contributed by atoms with Crippen LogP contribution in [0, 0.1) is 0 Å². The summed E-state index contributed by atoms with van der Waals surface area (Å²) >= 11 is 1.65. The minimum atomic E-state index is -0.209. The number of aromatic nitrogens is 3. The van der Waals surface area contributed by atoms with E-state index in [-0.39, 0.29) is 17.5 Å². The summed E-state index contributed by atoms with van der Waals surface area (Å²) in [5, 5.41) is 8.88. The molecular formula is C17H24N6OS. The molecule has 0 bridgehead atoms. The van der Waals surface area contributed by atoms with Gasteiger partial charge >= 0.3 is 6.03 Å². The van der Waals surface area contributed by atoms with Crippen molar-refractivity contribution >= 4 is 28.2 Å². The van der Waals surface area contributed by atoms with Gasteiger partial charge in [0.15, 0.2) is 5.13 Å². The number of thiazole rings is 1. The number of piperidine rings is 1. The van der Waals surface area contributed by atoms with E-state index in [2.05, 4.69) is 51.3 Å². The van der Waals surface area contributed by atoms with E-state index >= 15 is 0 Å². The van der Waals surface area contributed by atoms with E-state index in [0.717, 1.165) is 36.9 Å². The predicted molar refractivity (Wildman–Crippen MR) is 100 cm³/mol. The largest absolute Gasteiger partial charge is 0.348 e. The van der Waals surface area contributed by atoms with Crippen LogP contribution in [0.5, 0.6) is 0 Å². The van der Waals surface area contributed by atoms with Crippen molar-refractivity contribution in [1.82, 2.24) is 20.3 Å². The second-order valence-corrected chi connectivity index (χ2v) is 8.09. The maximum absolute atomic E-state index is 12.2. The number of nitrogens with zero attached hydrogens (tertiary/aromatic N) is 4. The molecule has 7 nitrogen and oxygen atoms in total. The van der Waals surface area contributed by atoms with E-state index in [1.54, 1.807) is 23.7 Å². The third kappa shape index (κ3) is 4.66. The molecule has 2 amide bonds. The number of anilines is 2. The van der Waals surface area contributed by atoms with Gasteiger partial charge in [-0.05, 0) is 12.8 Å². The highest BCUT2D eigenvalue weighted by Crippen LogP contribution is 2.22. The van der Waals surface area contributed by atoms with Gasteiger partial charge in [0.05, 0.1) is 18.1 Å². The molecule has 0 unspecified atom stereocenters. The Morgan fingerprint density at radius 3 is 2.44 bits per heavy atom. The lowest BCUT2D eigenvalue weighted by Gasteiger charge is -2.32. The summed E-state index contributed by atoms with van der Waals surface area (Å²) in [5.74, 6) is 0.757. The molecule has 0 spiro atoms. The van der Waals surface area contributed by atoms with Crippen molar-refractivity contribution in [2.24, 2.45) is 0 Å². The second-order valence-electron chi connectivity index (χ2n) is 7.22. The topological polar surface area (TPSA) is 83.0 Å². The summed E-state index contributed by atoms with van der Waals surface area (Å²) in [6.45, 7) is 7.98. The van der Waals surface area contributed by atoms with Crippen LogP contribution in [0.4, 0.5) is 15.6 Å². The molecule has 0 saturated carbocycles. The Labute approximate surface area is 151 Å². The lowest BCUT2D eigenvalue weighted by atomic mass is 9.96. The molecule has 3 rings (SSSR count). The normalized spacial score (nSPS) is 15.9. The van der Waals surface area contributed by atoms with Crippen LogP contribution in [0.3, 0.4) is 0 Å². The van der Waals surface area contributed by atoms with Crippen LogP contribution in [0.15, 0.2) is 24.0 Å². The second kappa shape index (κ2) is 7.35. The van der Waals surface area contributed by atoms with Crippen LogP contribution in [0.2, 0.25) is 0 Å². The average Bonchev–Trinajstić information content (AvgIpc) is 3.09. The van der Waals surface area contributed by atoms with Crippen LogP contribution in [0.1, 0.15) is 39.4 Å². The Bertz CT molecular complexity index is 687. The highest BCUT2D eigenvalue weighted by Gasteiger charge is 2.22. The first kappa shape index (κ1) is 17.6. The van der Waals surface area contributed by atoms with Crippen LogP contribution in [-0.2, 0) is 5.41 Å². The zero-order valence-corrected chi connectivity index (χ0v) is 15.6. The quantitative estimate of drug-likeness (QED) is 0.879. The third-order valence-corrected chi connectivity index (χ3v) is 4.93. The van der Waals surface area contributed by atoms with Crippen molar-refractivity contribution in [2.45, 2.75) is 45.1 Å². The van der Waals surface area contributed by atoms with Crippen molar-refractivity contribution in [2.75, 3.05) is 23.3 Å². The van der Waals surface area contributed by atoms with E-state index in [1.807, 2.05) is 11.6 Å². The number of rotatable bonds is 3. The SMILES string of the molecule is CC(C)(C)c1ncc(NC(=O)NC2CCN(c3nccs3)CC2)cn1. The maximum atomic E-state index is 12.2. The van der Waals surface area contributed by atoms with Crippen LogP contribution >= 0.6 is 11.3 Å². The van der Waals surface area contributed by atoms with Crippen LogP contribution in [-0.4, -0.2) is 40.1 Å². The number of carbonyl (C=O) groups is 1. The minimum Gasteiger partial charge on any atom is -0.348 e. The molecule has 2 aromatic rings. The van der Waals surface area contributed by atoms with Crippen molar-refractivity contribution < 1.29 is 4.79 Å². The molecule has 1 aliphatic rings. The van der Waals surface area contributed by atoms with Crippen LogP contribution in [0.25, 0.3) is 0 Å². The van der Waals surface area contributed by atoms with E-state index in [0.29, 0.717) is 5.69 Å². The zero-order chi connectivity index (χ0) is 17.9. The van der Waals surface area contributed by atoms with Gasteiger partial charge < -0.3 is 15.5 Å². The average molecular weight is 360 g/mol. The fraction of sp³-hybridized carbons (Fsp3) is 0.529. The maximum Gasteiger partial charge on any atom is 0.319 e. The van der Waals surface area contributed by atoms with E-state index in [1.165, 1.54) is 0 Å². The van der Waals surface area contributed by atoms with Gasteiger partial charge in [0, 0.05) is 36.1 Å². The summed E-state index contributed by atoms with van der Waals surface area (Å²) in [4.78, 5) is 27.4. The zero-order valence-electron chi connectivity index (χ0n) is 14.8. The molecule has 3 heterocycles. The van der Waals surface area contributed by atoms with Crippen molar-refractivity contribution in [3.63, 3.8) is 0 Å². The fourth-order valence-electron chi connectivity index (χ4n) is 2.72. The first-order valence-corrected chi connectivity index (χ1v) is 9.34. The Balaban J connectivity index is 1.47. The number of carbonyl (C=O) groups excluding carboxylic acids is 1. The number of amides is 2. The van der Waals surface area contributed by atoms with E-state index < -0.39 is 0 Å². The molecule has 1 aliphatic heterocycles. The van der Waals surface area contributed by atoms with E-state index in [9.17, 15) is 4.79 Å². The van der Waals surface area contributed by atoms with Gasteiger partial charge in [0.2, 0.25) is 0 Å². The number of urea groups is 1. The molecule has 0 aromatic carbocycles. The molecule has 2 N–H and O–H groups in total. The number of nitrogens with one attached hydrogen (secondary N) is 2. The molecule has 0 aliphatic carbocycles. The highest BCUT2D eigenvalue weighted by molar-refractivity contribution is 7.13. The molecule has 134 valence electrons. The molecule has 0 atom stereocenters. The summed E-state index contributed by atoms with van der Waals surface area (Å²) in [6.07, 6.45) is 6.94. The summed E-state index contributed by atoms with van der Waals surface area (Å²) in [6, 6.07) is -0.0363. The predicted octanol–water partition coefficient (Wildman–Crippen LogP) is 3.02. The van der Waals surface area contributed by atoms with Crippen LogP contribution < -0.4 is 15.5 Å². The first-order chi connectivity index (χ1) is 11.9. The van der Waals surface area contributed by atoms with Gasteiger partial charge in [-0.2, -0.15) is 0 Å². The third-order valence-electron chi connectivity index (χ3n) is 4.10. The summed E-state index contributed by atoms with van der Waals surface area (Å²) in [5.41, 5.74) is 0.498. The molecule has 1 fully saturated rings. The molecule has 2 aromatic heterocycles. The Hall–Kier alpha value is -2.22. The monoisotopic (exact) mass is 360 g/mol. The molecule has 1 saturated heterocycles. The van der Waals surface area contributed by atoms with Gasteiger partial charge in [-0.3, -0.25) is 0 Å². The molecule has 25 heavy (non-hydrogen) atoms. The lowest BCUT2D eigenvalue weighted by molar-refractivity contribution is 0.246. The lowest BCUT2D eigenvalue weighted by Crippen LogP contribution is -2.46. The smallest absolute Gasteiger partial charge is 0.319 e. The fourth-order valence-corrected chi connectivity index (χ4v) is 3.42. The molecular weight excluding hydrogens is 336 g/mol. The van der Waals surface area contributed by atoms with Gasteiger partial charge in [0.25, 0.3) is 0 Å². The van der Waals surface area contributed by atoms with Crippen molar-refractivity contribution in [1.29, 1.82) is 0 Å². The van der Waals surface area contributed by atoms with E-state index in [4.69, 9.17) is 0 Å². The summed E-state index contributed by atoms with van der Waals surface area (Å²) < 4.78 is 0. The highest BCUT2D eigenvalue weighted by atomic mass is 32.1. The Kier molecular flexibility index (Phi) is 5.17. The Morgan fingerprint density at radius 1 is 1.20 bits per heavy atom. The Morgan fingerprint density at radius 2 is 1.88 bits per heavy atom. The van der Waals surface area contributed by atoms with Gasteiger partial charge in [-0.25, -0.2) is 19.7 Å². The number of hydrogen-bond acceptors (Lipinski definition) is 6. The van der Waals surface area contributed by atoms with Crippen molar-refractivity contribution in [3.05, 3.63) is 29.8 Å². The summed E-state index contributed by atoms with van der Waals surface area (Å²) in [7, 11) is 0. The molecule has 0 radical (unpaired) electrons. The van der Waals surface area contributed by atoms with Gasteiger partial charge in [0.1, 0.15) is 5.82 Å². The van der Waals surface area contributed by atoms with Crippen molar-refractivity contribution in [3.8, 4) is 0 Å². The van der Waals surface area contributed by atoms with Gasteiger partial charge in [-0.1, -0.05) is 20.8 Å².